The lowest BCUT2D eigenvalue weighted by Gasteiger charge is -2.11. The molecule has 25 heavy (non-hydrogen) atoms. The molecule has 0 aromatic heterocycles. The highest BCUT2D eigenvalue weighted by Crippen LogP contribution is 2.32. The van der Waals surface area contributed by atoms with Crippen molar-refractivity contribution in [3.05, 3.63) is 57.6 Å². The second-order valence-electron chi connectivity index (χ2n) is 5.29. The number of esters is 1. The Morgan fingerprint density at radius 3 is 2.64 bits per heavy atom. The molecule has 0 atom stereocenters. The lowest BCUT2D eigenvalue weighted by molar-refractivity contribution is -0.146. The van der Waals surface area contributed by atoms with Gasteiger partial charge in [0.05, 0.1) is 29.3 Å². The van der Waals surface area contributed by atoms with Crippen LogP contribution in [0.4, 0.5) is 5.69 Å². The first-order valence-electron chi connectivity index (χ1n) is 7.43. The van der Waals surface area contributed by atoms with Gasteiger partial charge < -0.3 is 14.8 Å². The molecule has 0 saturated carbocycles. The number of halogens is 2. The van der Waals surface area contributed by atoms with Gasteiger partial charge in [0.1, 0.15) is 5.75 Å². The van der Waals surface area contributed by atoms with Gasteiger partial charge in [-0.1, -0.05) is 41.4 Å². The van der Waals surface area contributed by atoms with E-state index < -0.39 is 18.5 Å². The molecule has 7 heteroatoms. The molecule has 1 amide bonds. The number of carbonyl (C=O) groups is 2. The molecule has 2 rings (SSSR count). The molecular weight excluding hydrogens is 365 g/mol. The maximum Gasteiger partial charge on any atom is 0.310 e. The number of hydrogen-bond acceptors (Lipinski definition) is 4. The number of aryl methyl sites for hydroxylation is 1. The van der Waals surface area contributed by atoms with Gasteiger partial charge in [-0.15, -0.1) is 0 Å². The van der Waals surface area contributed by atoms with Gasteiger partial charge in [-0.05, 0) is 36.2 Å². The zero-order valence-electron chi connectivity index (χ0n) is 13.8. The molecule has 1 N–H and O–H groups in total. The summed E-state index contributed by atoms with van der Waals surface area (Å²) in [5, 5.41) is 3.22. The Labute approximate surface area is 155 Å². The number of nitrogens with one attached hydrogen (secondary N) is 1. The Morgan fingerprint density at radius 1 is 1.16 bits per heavy atom. The van der Waals surface area contributed by atoms with E-state index in [1.165, 1.54) is 0 Å². The van der Waals surface area contributed by atoms with E-state index in [2.05, 4.69) is 5.32 Å². The fraction of sp³-hybridized carbons (Fsp3) is 0.222. The Hall–Kier alpha value is -2.24. The number of methoxy groups -OCH3 is 1. The average Bonchev–Trinajstić information content (AvgIpc) is 2.60. The normalized spacial score (nSPS) is 10.2. The molecule has 2 aromatic rings. The van der Waals surface area contributed by atoms with Gasteiger partial charge in [0.15, 0.2) is 6.61 Å². The third-order valence-corrected chi connectivity index (χ3v) is 4.20. The molecule has 0 spiro atoms. The fourth-order valence-electron chi connectivity index (χ4n) is 2.09. The smallest absolute Gasteiger partial charge is 0.310 e. The molecule has 132 valence electrons. The summed E-state index contributed by atoms with van der Waals surface area (Å²) in [4.78, 5) is 23.8. The lowest BCUT2D eigenvalue weighted by Crippen LogP contribution is -2.22. The highest BCUT2D eigenvalue weighted by Gasteiger charge is 2.14. The summed E-state index contributed by atoms with van der Waals surface area (Å²) in [7, 11) is 1.54. The van der Waals surface area contributed by atoms with E-state index in [1.807, 2.05) is 0 Å². The predicted octanol–water partition coefficient (Wildman–Crippen LogP) is 4.03. The van der Waals surface area contributed by atoms with Crippen molar-refractivity contribution in [2.75, 3.05) is 19.0 Å². The predicted molar refractivity (Wildman–Crippen MR) is 97.5 cm³/mol. The van der Waals surface area contributed by atoms with Crippen LogP contribution in [0.5, 0.6) is 5.75 Å². The number of carbonyl (C=O) groups excluding carboxylic acids is 2. The largest absolute Gasteiger partial charge is 0.497 e. The third-order valence-electron chi connectivity index (χ3n) is 3.40. The number of benzene rings is 2. The van der Waals surface area contributed by atoms with E-state index in [4.69, 9.17) is 32.7 Å². The zero-order chi connectivity index (χ0) is 18.4. The first-order chi connectivity index (χ1) is 11.9. The Kier molecular flexibility index (Phi) is 6.67. The van der Waals surface area contributed by atoms with Gasteiger partial charge in [-0.2, -0.15) is 0 Å². The van der Waals surface area contributed by atoms with Crippen molar-refractivity contribution in [2.24, 2.45) is 0 Å². The molecule has 0 radical (unpaired) electrons. The van der Waals surface area contributed by atoms with Crippen molar-refractivity contribution in [1.82, 2.24) is 0 Å². The van der Waals surface area contributed by atoms with Crippen LogP contribution in [0.3, 0.4) is 0 Å². The Morgan fingerprint density at radius 2 is 1.92 bits per heavy atom. The van der Waals surface area contributed by atoms with Crippen molar-refractivity contribution in [1.29, 1.82) is 0 Å². The fourth-order valence-corrected chi connectivity index (χ4v) is 2.56. The van der Waals surface area contributed by atoms with E-state index in [0.29, 0.717) is 21.5 Å². The van der Waals surface area contributed by atoms with E-state index in [0.717, 1.165) is 11.1 Å². The monoisotopic (exact) mass is 381 g/mol. The van der Waals surface area contributed by atoms with Gasteiger partial charge in [0.25, 0.3) is 5.91 Å². The highest BCUT2D eigenvalue weighted by molar-refractivity contribution is 6.40. The first kappa shape index (κ1) is 19.1. The van der Waals surface area contributed by atoms with Gasteiger partial charge in [-0.25, -0.2) is 0 Å². The second-order valence-corrected chi connectivity index (χ2v) is 6.08. The summed E-state index contributed by atoms with van der Waals surface area (Å²) in [6.45, 7) is 1.37. The molecule has 0 aliphatic rings. The highest BCUT2D eigenvalue weighted by atomic mass is 35.5. The zero-order valence-corrected chi connectivity index (χ0v) is 15.3. The summed E-state index contributed by atoms with van der Waals surface area (Å²) in [6, 6.07) is 10.4. The van der Waals surface area contributed by atoms with Crippen LogP contribution in [-0.4, -0.2) is 25.6 Å². The molecule has 0 aliphatic heterocycles. The Bertz CT molecular complexity index is 793. The molecular formula is C18H17Cl2NO4. The molecule has 5 nitrogen and oxygen atoms in total. The summed E-state index contributed by atoms with van der Waals surface area (Å²) < 4.78 is 10.1. The van der Waals surface area contributed by atoms with Gasteiger partial charge in [-0.3, -0.25) is 9.59 Å². The van der Waals surface area contributed by atoms with Crippen molar-refractivity contribution >= 4 is 40.8 Å². The minimum atomic E-state index is -0.523. The quantitative estimate of drug-likeness (QED) is 0.766. The number of ether oxygens (including phenoxy) is 2. The minimum absolute atomic E-state index is 0.0381. The van der Waals surface area contributed by atoms with E-state index in [9.17, 15) is 9.59 Å². The van der Waals surface area contributed by atoms with Gasteiger partial charge >= 0.3 is 5.97 Å². The van der Waals surface area contributed by atoms with Crippen LogP contribution >= 0.6 is 23.2 Å². The molecule has 0 aliphatic carbocycles. The van der Waals surface area contributed by atoms with Crippen LogP contribution in [0.2, 0.25) is 10.0 Å². The van der Waals surface area contributed by atoms with Gasteiger partial charge in [0.2, 0.25) is 0 Å². The third kappa shape index (κ3) is 5.37. The molecule has 0 bridgehead atoms. The summed E-state index contributed by atoms with van der Waals surface area (Å²) in [6.07, 6.45) is 0.0381. The average molecular weight is 382 g/mol. The number of hydrogen-bond donors (Lipinski definition) is 1. The van der Waals surface area contributed by atoms with E-state index in [-0.39, 0.29) is 6.42 Å². The van der Waals surface area contributed by atoms with Crippen molar-refractivity contribution < 1.29 is 19.1 Å². The van der Waals surface area contributed by atoms with Crippen molar-refractivity contribution in [2.45, 2.75) is 13.3 Å². The molecule has 0 unspecified atom stereocenters. The van der Waals surface area contributed by atoms with Crippen LogP contribution < -0.4 is 10.1 Å². The van der Waals surface area contributed by atoms with E-state index >= 15 is 0 Å². The molecule has 2 aromatic carbocycles. The van der Waals surface area contributed by atoms with Crippen molar-refractivity contribution in [3.8, 4) is 5.75 Å². The topological polar surface area (TPSA) is 64.6 Å². The standard InChI is InChI=1S/C18H17Cl2NO4/c1-11-6-7-14(19)18(17(11)20)21-15(22)10-25-16(23)9-12-4-3-5-13(8-12)24-2/h3-8H,9-10H2,1-2H3,(H,21,22). The first-order valence-corrected chi connectivity index (χ1v) is 8.19. The summed E-state index contributed by atoms with van der Waals surface area (Å²) >= 11 is 12.1. The Balaban J connectivity index is 1.89. The maximum atomic E-state index is 12.0. The van der Waals surface area contributed by atoms with Crippen LogP contribution in [0, 0.1) is 6.92 Å². The SMILES string of the molecule is COc1cccc(CC(=O)OCC(=O)Nc2c(Cl)ccc(C)c2Cl)c1. The van der Waals surface area contributed by atoms with Crippen LogP contribution in [0.1, 0.15) is 11.1 Å². The minimum Gasteiger partial charge on any atom is -0.497 e. The molecule has 0 heterocycles. The van der Waals surface area contributed by atoms with E-state index in [1.54, 1.807) is 50.4 Å². The number of amides is 1. The molecule has 0 fully saturated rings. The number of anilines is 1. The maximum absolute atomic E-state index is 12.0. The van der Waals surface area contributed by atoms with Crippen LogP contribution in [0.25, 0.3) is 0 Å². The van der Waals surface area contributed by atoms with Crippen LogP contribution in [0.15, 0.2) is 36.4 Å². The van der Waals surface area contributed by atoms with Crippen molar-refractivity contribution in [3.63, 3.8) is 0 Å². The second kappa shape index (κ2) is 8.74. The van der Waals surface area contributed by atoms with Crippen LogP contribution in [-0.2, 0) is 20.7 Å². The van der Waals surface area contributed by atoms with Gasteiger partial charge in [0, 0.05) is 0 Å². The molecule has 0 saturated heterocycles. The lowest BCUT2D eigenvalue weighted by atomic mass is 10.1. The summed E-state index contributed by atoms with van der Waals surface area (Å²) in [5.74, 6) is -0.398. The summed E-state index contributed by atoms with van der Waals surface area (Å²) in [5.41, 5.74) is 1.81. The number of rotatable bonds is 6.